The Labute approximate surface area is 97.1 Å². The minimum Gasteiger partial charge on any atom is -0.397 e. The van der Waals surface area contributed by atoms with E-state index in [0.29, 0.717) is 16.3 Å². The van der Waals surface area contributed by atoms with Crippen LogP contribution in [0.25, 0.3) is 0 Å². The molecule has 0 bridgehead atoms. The van der Waals surface area contributed by atoms with E-state index in [2.05, 4.69) is 16.0 Å². The predicted octanol–water partition coefficient (Wildman–Crippen LogP) is 2.08. The second-order valence-electron chi connectivity index (χ2n) is 2.98. The van der Waals surface area contributed by atoms with E-state index < -0.39 is 0 Å². The normalized spacial score (nSPS) is 9.69. The third kappa shape index (κ3) is 2.12. The Bertz CT molecular complexity index is 548. The highest BCUT2D eigenvalue weighted by Gasteiger charge is 2.06. The maximum Gasteiger partial charge on any atom is 0.119 e. The topological polar surface area (TPSA) is 75.6 Å². The molecule has 0 aliphatic rings. The van der Waals surface area contributed by atoms with Crippen LogP contribution in [0.1, 0.15) is 5.56 Å². The first-order chi connectivity index (χ1) is 7.81. The maximum absolute atomic E-state index is 8.92. The molecule has 2 aromatic heterocycles. The average molecular weight is 228 g/mol. The molecule has 78 valence electrons. The Hall–Kier alpha value is -2.06. The van der Waals surface area contributed by atoms with Crippen LogP contribution in [0.5, 0.6) is 0 Å². The summed E-state index contributed by atoms with van der Waals surface area (Å²) in [6, 6.07) is 7.36. The molecule has 5 heteroatoms. The molecule has 2 heterocycles. The summed E-state index contributed by atoms with van der Waals surface area (Å²) in [6.07, 6.45) is 4.89. The first kappa shape index (κ1) is 10.5. The highest BCUT2D eigenvalue weighted by atomic mass is 32.2. The van der Waals surface area contributed by atoms with Gasteiger partial charge in [-0.3, -0.25) is 4.98 Å². The van der Waals surface area contributed by atoms with Crippen LogP contribution in [-0.2, 0) is 0 Å². The summed E-state index contributed by atoms with van der Waals surface area (Å²) in [6.45, 7) is 0. The lowest BCUT2D eigenvalue weighted by atomic mass is 10.3. The van der Waals surface area contributed by atoms with Gasteiger partial charge in [0.1, 0.15) is 11.1 Å². The standard InChI is InChI=1S/C11H8N4S/c12-6-8-2-1-4-15-11(8)16-10-3-5-14-7-9(10)13/h1-5,7H,13H2. The van der Waals surface area contributed by atoms with E-state index in [4.69, 9.17) is 11.0 Å². The predicted molar refractivity (Wildman–Crippen MR) is 61.7 cm³/mol. The molecule has 0 fully saturated rings. The fourth-order valence-corrected chi connectivity index (χ4v) is 1.99. The Morgan fingerprint density at radius 1 is 1.31 bits per heavy atom. The molecular formula is C11H8N4S. The van der Waals surface area contributed by atoms with E-state index in [9.17, 15) is 0 Å². The summed E-state index contributed by atoms with van der Waals surface area (Å²) >= 11 is 1.37. The van der Waals surface area contributed by atoms with Crippen molar-refractivity contribution in [2.75, 3.05) is 5.73 Å². The lowest BCUT2D eigenvalue weighted by Gasteiger charge is -2.04. The molecule has 0 amide bonds. The van der Waals surface area contributed by atoms with Gasteiger partial charge >= 0.3 is 0 Å². The van der Waals surface area contributed by atoms with Crippen molar-refractivity contribution in [3.63, 3.8) is 0 Å². The van der Waals surface area contributed by atoms with Gasteiger partial charge in [-0.05, 0) is 18.2 Å². The highest BCUT2D eigenvalue weighted by Crippen LogP contribution is 2.31. The number of anilines is 1. The van der Waals surface area contributed by atoms with Crippen molar-refractivity contribution in [1.82, 2.24) is 9.97 Å². The number of nitrogen functional groups attached to an aromatic ring is 1. The van der Waals surface area contributed by atoms with E-state index in [-0.39, 0.29) is 0 Å². The smallest absolute Gasteiger partial charge is 0.119 e. The zero-order valence-corrected chi connectivity index (χ0v) is 9.11. The molecule has 2 aromatic rings. The molecule has 4 nitrogen and oxygen atoms in total. The van der Waals surface area contributed by atoms with Gasteiger partial charge in [-0.25, -0.2) is 4.98 Å². The third-order valence-electron chi connectivity index (χ3n) is 1.91. The summed E-state index contributed by atoms with van der Waals surface area (Å²) in [5, 5.41) is 9.57. The first-order valence-corrected chi connectivity index (χ1v) is 5.35. The van der Waals surface area contributed by atoms with Gasteiger partial charge in [0.2, 0.25) is 0 Å². The number of aromatic nitrogens is 2. The zero-order valence-electron chi connectivity index (χ0n) is 8.29. The number of pyridine rings is 2. The second kappa shape index (κ2) is 4.64. The quantitative estimate of drug-likeness (QED) is 0.851. The van der Waals surface area contributed by atoms with Gasteiger partial charge in [-0.2, -0.15) is 5.26 Å². The van der Waals surface area contributed by atoms with Crippen molar-refractivity contribution in [3.8, 4) is 6.07 Å². The second-order valence-corrected chi connectivity index (χ2v) is 4.01. The van der Waals surface area contributed by atoms with Crippen molar-refractivity contribution in [2.24, 2.45) is 0 Å². The van der Waals surface area contributed by atoms with Gasteiger partial charge in [0.15, 0.2) is 0 Å². The molecule has 0 saturated carbocycles. The van der Waals surface area contributed by atoms with E-state index in [1.807, 2.05) is 0 Å². The van der Waals surface area contributed by atoms with Gasteiger partial charge in [-0.1, -0.05) is 11.8 Å². The van der Waals surface area contributed by atoms with E-state index in [0.717, 1.165) is 4.90 Å². The molecule has 2 rings (SSSR count). The van der Waals surface area contributed by atoms with Crippen LogP contribution in [0.3, 0.4) is 0 Å². The van der Waals surface area contributed by atoms with Crippen molar-refractivity contribution in [2.45, 2.75) is 9.92 Å². The van der Waals surface area contributed by atoms with Crippen LogP contribution in [-0.4, -0.2) is 9.97 Å². The highest BCUT2D eigenvalue weighted by molar-refractivity contribution is 7.99. The average Bonchev–Trinajstić information content (AvgIpc) is 2.33. The summed E-state index contributed by atoms with van der Waals surface area (Å²) in [7, 11) is 0. The minimum absolute atomic E-state index is 0.545. The Morgan fingerprint density at radius 2 is 2.19 bits per heavy atom. The first-order valence-electron chi connectivity index (χ1n) is 4.53. The van der Waals surface area contributed by atoms with Gasteiger partial charge in [0.25, 0.3) is 0 Å². The van der Waals surface area contributed by atoms with Crippen molar-refractivity contribution >= 4 is 17.4 Å². The van der Waals surface area contributed by atoms with Crippen LogP contribution in [0.15, 0.2) is 46.7 Å². The Kier molecular flexibility index (Phi) is 3.03. The fraction of sp³-hybridized carbons (Fsp3) is 0. The Balaban J connectivity index is 2.35. The van der Waals surface area contributed by atoms with Crippen LogP contribution in [0.4, 0.5) is 5.69 Å². The lowest BCUT2D eigenvalue weighted by molar-refractivity contribution is 1.11. The molecule has 0 atom stereocenters. The zero-order chi connectivity index (χ0) is 11.4. The van der Waals surface area contributed by atoms with Crippen LogP contribution < -0.4 is 5.73 Å². The molecule has 0 spiro atoms. The molecule has 0 radical (unpaired) electrons. The number of nitrogens with zero attached hydrogens (tertiary/aromatic N) is 3. The van der Waals surface area contributed by atoms with Gasteiger partial charge in [0.05, 0.1) is 17.4 Å². The van der Waals surface area contributed by atoms with Crippen molar-refractivity contribution < 1.29 is 0 Å². The number of rotatable bonds is 2. The van der Waals surface area contributed by atoms with Crippen LogP contribution >= 0.6 is 11.8 Å². The Morgan fingerprint density at radius 3 is 2.94 bits per heavy atom. The summed E-state index contributed by atoms with van der Waals surface area (Å²) in [4.78, 5) is 8.91. The number of nitriles is 1. The van der Waals surface area contributed by atoms with Gasteiger partial charge < -0.3 is 5.73 Å². The number of hydrogen-bond donors (Lipinski definition) is 1. The van der Waals surface area contributed by atoms with Crippen molar-refractivity contribution in [1.29, 1.82) is 5.26 Å². The number of nitrogens with two attached hydrogens (primary N) is 1. The van der Waals surface area contributed by atoms with Crippen LogP contribution in [0.2, 0.25) is 0 Å². The molecule has 0 saturated heterocycles. The van der Waals surface area contributed by atoms with Crippen LogP contribution in [0, 0.1) is 11.3 Å². The fourth-order valence-electron chi connectivity index (χ4n) is 1.15. The number of hydrogen-bond acceptors (Lipinski definition) is 5. The molecule has 0 unspecified atom stereocenters. The van der Waals surface area contributed by atoms with E-state index in [1.165, 1.54) is 11.8 Å². The van der Waals surface area contributed by atoms with Gasteiger partial charge in [-0.15, -0.1) is 0 Å². The largest absolute Gasteiger partial charge is 0.397 e. The molecule has 0 aromatic carbocycles. The van der Waals surface area contributed by atoms with E-state index in [1.54, 1.807) is 36.8 Å². The van der Waals surface area contributed by atoms with Crippen molar-refractivity contribution in [3.05, 3.63) is 42.4 Å². The summed E-state index contributed by atoms with van der Waals surface area (Å²) in [5.41, 5.74) is 6.90. The molecular weight excluding hydrogens is 220 g/mol. The van der Waals surface area contributed by atoms with Gasteiger partial charge in [0, 0.05) is 17.3 Å². The lowest BCUT2D eigenvalue weighted by Crippen LogP contribution is -1.91. The molecule has 16 heavy (non-hydrogen) atoms. The summed E-state index contributed by atoms with van der Waals surface area (Å²) in [5.74, 6) is 0. The maximum atomic E-state index is 8.92. The minimum atomic E-state index is 0.545. The molecule has 0 aliphatic carbocycles. The molecule has 0 aliphatic heterocycles. The monoisotopic (exact) mass is 228 g/mol. The van der Waals surface area contributed by atoms with E-state index >= 15 is 0 Å². The third-order valence-corrected chi connectivity index (χ3v) is 3.02. The summed E-state index contributed by atoms with van der Waals surface area (Å²) < 4.78 is 0. The SMILES string of the molecule is N#Cc1cccnc1Sc1ccncc1N. The molecule has 2 N–H and O–H groups in total.